The van der Waals surface area contributed by atoms with Gasteiger partial charge in [-0.25, -0.2) is 0 Å². The fourth-order valence-corrected chi connectivity index (χ4v) is 1.58. The number of nitrogens with zero attached hydrogens (tertiary/aromatic N) is 2. The Morgan fingerprint density at radius 3 is 1.92 bits per heavy atom. The molecule has 0 bridgehead atoms. The van der Waals surface area contributed by atoms with Crippen LogP contribution >= 0.6 is 0 Å². The third-order valence-electron chi connectivity index (χ3n) is 2.19. The van der Waals surface area contributed by atoms with E-state index in [0.29, 0.717) is 0 Å². The maximum Gasteiger partial charge on any atom is 0.0402 e. The van der Waals surface area contributed by atoms with Crippen molar-refractivity contribution in [3.8, 4) is 0 Å². The largest absolute Gasteiger partial charge is 0.372 e. The lowest BCUT2D eigenvalue weighted by atomic mass is 10.2. The molecule has 0 saturated carbocycles. The van der Waals surface area contributed by atoms with E-state index in [2.05, 4.69) is 35.9 Å². The van der Waals surface area contributed by atoms with Gasteiger partial charge >= 0.3 is 0 Å². The molecule has 2 heteroatoms. The van der Waals surface area contributed by atoms with Gasteiger partial charge in [0.15, 0.2) is 0 Å². The van der Waals surface area contributed by atoms with E-state index >= 15 is 0 Å². The predicted octanol–water partition coefficient (Wildman–Crippen LogP) is 2.54. The standard InChI is InChI=1S/C11H18N2/c1-5-13(6-2)11-7-9(3)12-10(4)8-11/h7-8H,5-6H2,1-4H3. The SMILES string of the molecule is CCN(CC)c1cc(C)nc(C)c1. The molecule has 0 aliphatic rings. The van der Waals surface area contributed by atoms with E-state index in [0.717, 1.165) is 24.5 Å². The molecule has 13 heavy (non-hydrogen) atoms. The Morgan fingerprint density at radius 1 is 1.08 bits per heavy atom. The van der Waals surface area contributed by atoms with Crippen LogP contribution in [0, 0.1) is 13.8 Å². The van der Waals surface area contributed by atoms with Crippen molar-refractivity contribution in [1.82, 2.24) is 4.98 Å². The fourth-order valence-electron chi connectivity index (χ4n) is 1.58. The quantitative estimate of drug-likeness (QED) is 0.707. The molecule has 0 atom stereocenters. The molecule has 0 saturated heterocycles. The van der Waals surface area contributed by atoms with Gasteiger partial charge in [0.2, 0.25) is 0 Å². The minimum atomic E-state index is 1.05. The molecule has 0 aliphatic heterocycles. The number of aryl methyl sites for hydroxylation is 2. The molecule has 2 nitrogen and oxygen atoms in total. The summed E-state index contributed by atoms with van der Waals surface area (Å²) < 4.78 is 0. The zero-order chi connectivity index (χ0) is 9.84. The molecule has 1 heterocycles. The molecule has 1 rings (SSSR count). The van der Waals surface area contributed by atoms with Gasteiger partial charge in [0.25, 0.3) is 0 Å². The summed E-state index contributed by atoms with van der Waals surface area (Å²) >= 11 is 0. The number of pyridine rings is 1. The zero-order valence-corrected chi connectivity index (χ0v) is 8.96. The second-order valence-corrected chi connectivity index (χ2v) is 3.28. The van der Waals surface area contributed by atoms with E-state index in [1.54, 1.807) is 0 Å². The van der Waals surface area contributed by atoms with Crippen molar-refractivity contribution in [3.05, 3.63) is 23.5 Å². The van der Waals surface area contributed by atoms with Crippen LogP contribution in [0.1, 0.15) is 25.2 Å². The summed E-state index contributed by atoms with van der Waals surface area (Å²) in [6.45, 7) is 10.5. The maximum atomic E-state index is 4.36. The Balaban J connectivity index is 2.99. The van der Waals surface area contributed by atoms with Crippen LogP contribution in [0.5, 0.6) is 0 Å². The average Bonchev–Trinajstić information content (AvgIpc) is 2.04. The van der Waals surface area contributed by atoms with Crippen molar-refractivity contribution in [2.24, 2.45) is 0 Å². The monoisotopic (exact) mass is 178 g/mol. The average molecular weight is 178 g/mol. The number of anilines is 1. The van der Waals surface area contributed by atoms with Gasteiger partial charge < -0.3 is 4.90 Å². The zero-order valence-electron chi connectivity index (χ0n) is 8.96. The maximum absolute atomic E-state index is 4.36. The van der Waals surface area contributed by atoms with Crippen molar-refractivity contribution in [2.45, 2.75) is 27.7 Å². The first-order valence-electron chi connectivity index (χ1n) is 4.87. The Labute approximate surface area is 80.6 Å². The number of aromatic nitrogens is 1. The first-order chi connectivity index (χ1) is 6.17. The molecule has 72 valence electrons. The topological polar surface area (TPSA) is 16.1 Å². The Kier molecular flexibility index (Phi) is 3.29. The number of rotatable bonds is 3. The summed E-state index contributed by atoms with van der Waals surface area (Å²) in [5.41, 5.74) is 3.49. The molecule has 0 aliphatic carbocycles. The fraction of sp³-hybridized carbons (Fsp3) is 0.545. The Morgan fingerprint density at radius 2 is 1.54 bits per heavy atom. The summed E-state index contributed by atoms with van der Waals surface area (Å²) in [7, 11) is 0. The van der Waals surface area contributed by atoms with E-state index in [1.165, 1.54) is 5.69 Å². The van der Waals surface area contributed by atoms with Crippen LogP contribution in [0.2, 0.25) is 0 Å². The Hall–Kier alpha value is -1.05. The van der Waals surface area contributed by atoms with Gasteiger partial charge in [0.1, 0.15) is 0 Å². The lowest BCUT2D eigenvalue weighted by molar-refractivity contribution is 0.861. The van der Waals surface area contributed by atoms with Crippen LogP contribution in [0.15, 0.2) is 12.1 Å². The second kappa shape index (κ2) is 4.26. The number of hydrogen-bond donors (Lipinski definition) is 0. The molecular formula is C11H18N2. The summed E-state index contributed by atoms with van der Waals surface area (Å²) in [5, 5.41) is 0. The van der Waals surface area contributed by atoms with Crippen LogP contribution < -0.4 is 4.90 Å². The molecule has 0 spiro atoms. The molecule has 0 fully saturated rings. The third-order valence-corrected chi connectivity index (χ3v) is 2.19. The minimum absolute atomic E-state index is 1.05. The van der Waals surface area contributed by atoms with Crippen molar-refractivity contribution in [2.75, 3.05) is 18.0 Å². The van der Waals surface area contributed by atoms with Crippen LogP contribution in [-0.4, -0.2) is 18.1 Å². The smallest absolute Gasteiger partial charge is 0.0402 e. The normalized spacial score (nSPS) is 10.2. The lowest BCUT2D eigenvalue weighted by Crippen LogP contribution is -2.22. The summed E-state index contributed by atoms with van der Waals surface area (Å²) in [4.78, 5) is 6.69. The van der Waals surface area contributed by atoms with Crippen molar-refractivity contribution in [3.63, 3.8) is 0 Å². The van der Waals surface area contributed by atoms with Gasteiger partial charge in [-0.15, -0.1) is 0 Å². The van der Waals surface area contributed by atoms with Gasteiger partial charge in [0, 0.05) is 30.2 Å². The first-order valence-corrected chi connectivity index (χ1v) is 4.87. The van der Waals surface area contributed by atoms with Gasteiger partial charge in [-0.05, 0) is 39.8 Å². The number of hydrogen-bond acceptors (Lipinski definition) is 2. The highest BCUT2D eigenvalue weighted by molar-refractivity contribution is 5.47. The van der Waals surface area contributed by atoms with Gasteiger partial charge in [0.05, 0.1) is 0 Å². The lowest BCUT2D eigenvalue weighted by Gasteiger charge is -2.21. The summed E-state index contributed by atoms with van der Waals surface area (Å²) in [6.07, 6.45) is 0. The molecule has 0 aromatic carbocycles. The molecule has 0 unspecified atom stereocenters. The van der Waals surface area contributed by atoms with Crippen LogP contribution in [-0.2, 0) is 0 Å². The minimum Gasteiger partial charge on any atom is -0.372 e. The van der Waals surface area contributed by atoms with Crippen molar-refractivity contribution < 1.29 is 0 Å². The highest BCUT2D eigenvalue weighted by atomic mass is 15.1. The van der Waals surface area contributed by atoms with Gasteiger partial charge in [-0.2, -0.15) is 0 Å². The molecule has 1 aromatic rings. The highest BCUT2D eigenvalue weighted by Crippen LogP contribution is 2.15. The van der Waals surface area contributed by atoms with Crippen molar-refractivity contribution in [1.29, 1.82) is 0 Å². The van der Waals surface area contributed by atoms with E-state index in [-0.39, 0.29) is 0 Å². The highest BCUT2D eigenvalue weighted by Gasteiger charge is 2.02. The predicted molar refractivity (Wildman–Crippen MR) is 57.3 cm³/mol. The van der Waals surface area contributed by atoms with Crippen LogP contribution in [0.25, 0.3) is 0 Å². The summed E-state index contributed by atoms with van der Waals surface area (Å²) in [6, 6.07) is 4.28. The van der Waals surface area contributed by atoms with Crippen LogP contribution in [0.3, 0.4) is 0 Å². The van der Waals surface area contributed by atoms with E-state index in [1.807, 2.05) is 13.8 Å². The summed E-state index contributed by atoms with van der Waals surface area (Å²) in [5.74, 6) is 0. The van der Waals surface area contributed by atoms with Crippen molar-refractivity contribution >= 4 is 5.69 Å². The molecule has 0 N–H and O–H groups in total. The molecule has 0 amide bonds. The molecule has 0 radical (unpaired) electrons. The molecule has 1 aromatic heterocycles. The van der Waals surface area contributed by atoms with E-state index in [9.17, 15) is 0 Å². The van der Waals surface area contributed by atoms with Gasteiger partial charge in [-0.3, -0.25) is 4.98 Å². The Bertz CT molecular complexity index is 257. The van der Waals surface area contributed by atoms with Gasteiger partial charge in [-0.1, -0.05) is 0 Å². The molecular weight excluding hydrogens is 160 g/mol. The van der Waals surface area contributed by atoms with Crippen LogP contribution in [0.4, 0.5) is 5.69 Å². The van der Waals surface area contributed by atoms with E-state index in [4.69, 9.17) is 0 Å². The third kappa shape index (κ3) is 2.44. The second-order valence-electron chi connectivity index (χ2n) is 3.28. The van der Waals surface area contributed by atoms with E-state index < -0.39 is 0 Å². The first kappa shape index (κ1) is 10.0.